The van der Waals surface area contributed by atoms with E-state index in [1.807, 2.05) is 30.3 Å². The number of carbonyl (C=O) groups excluding carboxylic acids is 2. The second-order valence-electron chi connectivity index (χ2n) is 4.54. The van der Waals surface area contributed by atoms with E-state index < -0.39 is 11.4 Å². The molecule has 1 fully saturated rings. The lowest BCUT2D eigenvalue weighted by atomic mass is 10.1. The number of nitrogens with zero attached hydrogens (tertiary/aromatic N) is 1. The van der Waals surface area contributed by atoms with E-state index in [0.717, 1.165) is 5.56 Å². The third kappa shape index (κ3) is 3.26. The van der Waals surface area contributed by atoms with Crippen molar-refractivity contribution in [3.63, 3.8) is 0 Å². The maximum atomic E-state index is 12.2. The van der Waals surface area contributed by atoms with E-state index in [1.165, 1.54) is 4.90 Å². The minimum Gasteiger partial charge on any atom is -0.464 e. The molecule has 0 saturated carbocycles. The summed E-state index contributed by atoms with van der Waals surface area (Å²) in [5, 5.41) is -0.655. The molecule has 1 unspecified atom stereocenters. The van der Waals surface area contributed by atoms with Crippen LogP contribution in [0, 0.1) is 0 Å². The summed E-state index contributed by atoms with van der Waals surface area (Å²) in [4.78, 5) is 25.4. The Balaban J connectivity index is 2.19. The highest BCUT2D eigenvalue weighted by atomic mass is 35.5. The standard InChI is InChI=1S/C14H16ClNO3/c1-10(15)13(17)16(12-7-8-19-14(12)18)9-11-5-3-2-4-6-11/h2-6,10,12H,7-9H2,1H3/t10-,12?/m1/s1. The molecule has 2 atom stereocenters. The van der Waals surface area contributed by atoms with Crippen LogP contribution in [0.1, 0.15) is 18.9 Å². The summed E-state index contributed by atoms with van der Waals surface area (Å²) in [5.41, 5.74) is 0.966. The first-order valence-electron chi connectivity index (χ1n) is 6.24. The number of halogens is 1. The zero-order valence-corrected chi connectivity index (χ0v) is 11.5. The van der Waals surface area contributed by atoms with E-state index >= 15 is 0 Å². The molecule has 0 aliphatic carbocycles. The molecule has 1 aromatic carbocycles. The zero-order valence-electron chi connectivity index (χ0n) is 10.7. The number of rotatable bonds is 4. The van der Waals surface area contributed by atoms with Crippen molar-refractivity contribution in [3.05, 3.63) is 35.9 Å². The maximum absolute atomic E-state index is 12.2. The van der Waals surface area contributed by atoms with Gasteiger partial charge in [-0.2, -0.15) is 0 Å². The van der Waals surface area contributed by atoms with Crippen LogP contribution in [0.15, 0.2) is 30.3 Å². The van der Waals surface area contributed by atoms with Gasteiger partial charge in [0.05, 0.1) is 6.61 Å². The SMILES string of the molecule is C[C@@H](Cl)C(=O)N(Cc1ccccc1)C1CCOC1=O. The Hall–Kier alpha value is -1.55. The molecule has 1 aliphatic rings. The number of hydrogen-bond donors (Lipinski definition) is 0. The van der Waals surface area contributed by atoms with E-state index in [9.17, 15) is 9.59 Å². The molecular weight excluding hydrogens is 266 g/mol. The van der Waals surface area contributed by atoms with Gasteiger partial charge in [0.2, 0.25) is 5.91 Å². The number of alkyl halides is 1. The number of esters is 1. The van der Waals surface area contributed by atoms with E-state index in [-0.39, 0.29) is 11.9 Å². The first-order valence-corrected chi connectivity index (χ1v) is 6.68. The Morgan fingerprint density at radius 3 is 2.68 bits per heavy atom. The van der Waals surface area contributed by atoms with E-state index in [0.29, 0.717) is 19.6 Å². The van der Waals surface area contributed by atoms with Gasteiger partial charge in [0, 0.05) is 13.0 Å². The Morgan fingerprint density at radius 2 is 2.16 bits per heavy atom. The van der Waals surface area contributed by atoms with Crippen molar-refractivity contribution in [3.8, 4) is 0 Å². The number of amides is 1. The molecule has 4 nitrogen and oxygen atoms in total. The molecule has 1 saturated heterocycles. The molecule has 102 valence electrons. The lowest BCUT2D eigenvalue weighted by Gasteiger charge is -2.27. The summed E-state index contributed by atoms with van der Waals surface area (Å²) in [5.74, 6) is -0.587. The molecule has 1 aromatic rings. The van der Waals surface area contributed by atoms with Crippen LogP contribution in [0.2, 0.25) is 0 Å². The summed E-state index contributed by atoms with van der Waals surface area (Å²) in [6, 6.07) is 9.01. The second-order valence-corrected chi connectivity index (χ2v) is 5.19. The Labute approximate surface area is 117 Å². The van der Waals surface area contributed by atoms with Crippen molar-refractivity contribution in [2.75, 3.05) is 6.61 Å². The number of ether oxygens (including phenoxy) is 1. The lowest BCUT2D eigenvalue weighted by Crippen LogP contribution is -2.45. The predicted octanol–water partition coefficient (Wildman–Crippen LogP) is 1.96. The Kier molecular flexibility index (Phi) is 4.43. The number of benzene rings is 1. The van der Waals surface area contributed by atoms with Crippen LogP contribution < -0.4 is 0 Å². The lowest BCUT2D eigenvalue weighted by molar-refractivity contribution is -0.148. The van der Waals surface area contributed by atoms with Crippen LogP contribution in [-0.4, -0.2) is 34.8 Å². The second kappa shape index (κ2) is 6.06. The Morgan fingerprint density at radius 1 is 1.47 bits per heavy atom. The van der Waals surface area contributed by atoms with Crippen LogP contribution in [0.25, 0.3) is 0 Å². The predicted molar refractivity (Wildman–Crippen MR) is 71.7 cm³/mol. The molecule has 0 aromatic heterocycles. The van der Waals surface area contributed by atoms with Gasteiger partial charge in [0.1, 0.15) is 11.4 Å². The highest BCUT2D eigenvalue weighted by molar-refractivity contribution is 6.30. The van der Waals surface area contributed by atoms with Gasteiger partial charge in [-0.3, -0.25) is 4.79 Å². The minimum atomic E-state index is -0.655. The fourth-order valence-electron chi connectivity index (χ4n) is 2.12. The molecule has 0 bridgehead atoms. The van der Waals surface area contributed by atoms with Crippen molar-refractivity contribution < 1.29 is 14.3 Å². The molecular formula is C14H16ClNO3. The molecule has 2 rings (SSSR count). The summed E-state index contributed by atoms with van der Waals surface area (Å²) in [7, 11) is 0. The third-order valence-corrected chi connectivity index (χ3v) is 3.29. The van der Waals surface area contributed by atoms with E-state index in [1.54, 1.807) is 6.92 Å². The minimum absolute atomic E-state index is 0.241. The van der Waals surface area contributed by atoms with Gasteiger partial charge in [-0.1, -0.05) is 30.3 Å². The van der Waals surface area contributed by atoms with Gasteiger partial charge >= 0.3 is 5.97 Å². The molecule has 0 N–H and O–H groups in total. The first-order chi connectivity index (χ1) is 9.09. The van der Waals surface area contributed by atoms with Crippen molar-refractivity contribution >= 4 is 23.5 Å². The fourth-order valence-corrected chi connectivity index (χ4v) is 2.24. The highest BCUT2D eigenvalue weighted by Crippen LogP contribution is 2.19. The molecule has 1 heterocycles. The van der Waals surface area contributed by atoms with Gasteiger partial charge in [-0.05, 0) is 12.5 Å². The largest absolute Gasteiger partial charge is 0.464 e. The average Bonchev–Trinajstić information content (AvgIpc) is 2.82. The van der Waals surface area contributed by atoms with E-state index in [4.69, 9.17) is 16.3 Å². The molecule has 0 radical (unpaired) electrons. The van der Waals surface area contributed by atoms with Crippen LogP contribution in [0.5, 0.6) is 0 Å². The number of carbonyl (C=O) groups is 2. The topological polar surface area (TPSA) is 46.6 Å². The molecule has 5 heteroatoms. The summed E-state index contributed by atoms with van der Waals surface area (Å²) in [6.07, 6.45) is 0.529. The summed E-state index contributed by atoms with van der Waals surface area (Å²) < 4.78 is 4.94. The average molecular weight is 282 g/mol. The molecule has 19 heavy (non-hydrogen) atoms. The highest BCUT2D eigenvalue weighted by Gasteiger charge is 2.36. The van der Waals surface area contributed by atoms with Gasteiger partial charge in [0.15, 0.2) is 0 Å². The smallest absolute Gasteiger partial charge is 0.329 e. The molecule has 1 aliphatic heterocycles. The first kappa shape index (κ1) is 13.9. The van der Waals surface area contributed by atoms with Gasteiger partial charge < -0.3 is 9.64 Å². The summed E-state index contributed by atoms with van der Waals surface area (Å²) in [6.45, 7) is 2.34. The maximum Gasteiger partial charge on any atom is 0.329 e. The van der Waals surface area contributed by atoms with Crippen molar-refractivity contribution in [1.82, 2.24) is 4.90 Å². The van der Waals surface area contributed by atoms with Crippen molar-refractivity contribution in [2.45, 2.75) is 31.3 Å². The van der Waals surface area contributed by atoms with Gasteiger partial charge in [-0.15, -0.1) is 11.6 Å². The molecule has 1 amide bonds. The monoisotopic (exact) mass is 281 g/mol. The van der Waals surface area contributed by atoms with Gasteiger partial charge in [0.25, 0.3) is 0 Å². The van der Waals surface area contributed by atoms with Crippen molar-refractivity contribution in [2.24, 2.45) is 0 Å². The summed E-state index contributed by atoms with van der Waals surface area (Å²) >= 11 is 5.87. The fraction of sp³-hybridized carbons (Fsp3) is 0.429. The quantitative estimate of drug-likeness (QED) is 0.626. The normalized spacial score (nSPS) is 19.9. The van der Waals surface area contributed by atoms with Crippen molar-refractivity contribution in [1.29, 1.82) is 0 Å². The van der Waals surface area contributed by atoms with Crippen LogP contribution in [-0.2, 0) is 20.9 Å². The number of cyclic esters (lactones) is 1. The van der Waals surface area contributed by atoms with Gasteiger partial charge in [-0.25, -0.2) is 4.79 Å². The van der Waals surface area contributed by atoms with Crippen LogP contribution >= 0.6 is 11.6 Å². The zero-order chi connectivity index (χ0) is 13.8. The van der Waals surface area contributed by atoms with Crippen LogP contribution in [0.4, 0.5) is 0 Å². The van der Waals surface area contributed by atoms with E-state index in [2.05, 4.69) is 0 Å². The third-order valence-electron chi connectivity index (χ3n) is 3.10. The Bertz CT molecular complexity index is 461. The van der Waals surface area contributed by atoms with Crippen LogP contribution in [0.3, 0.4) is 0 Å². The number of hydrogen-bond acceptors (Lipinski definition) is 3. The molecule has 0 spiro atoms.